The normalized spacial score (nSPS) is 15.0. The Morgan fingerprint density at radius 2 is 1.96 bits per heavy atom. The van der Waals surface area contributed by atoms with Crippen LogP contribution in [0.3, 0.4) is 0 Å². The van der Waals surface area contributed by atoms with Gasteiger partial charge in [-0.25, -0.2) is 9.78 Å². The van der Waals surface area contributed by atoms with E-state index in [1.807, 2.05) is 37.3 Å². The van der Waals surface area contributed by atoms with E-state index >= 15 is 0 Å². The Morgan fingerprint density at radius 1 is 1.15 bits per heavy atom. The zero-order valence-electron chi connectivity index (χ0n) is 15.3. The van der Waals surface area contributed by atoms with Crippen molar-refractivity contribution in [2.75, 3.05) is 11.9 Å². The molecule has 1 saturated carbocycles. The molecule has 6 nitrogen and oxygen atoms in total. The summed E-state index contributed by atoms with van der Waals surface area (Å²) in [4.78, 5) is 16.7. The van der Waals surface area contributed by atoms with E-state index in [0.717, 1.165) is 29.9 Å². The van der Waals surface area contributed by atoms with Crippen LogP contribution in [-0.4, -0.2) is 27.8 Å². The van der Waals surface area contributed by atoms with Crippen molar-refractivity contribution in [3.63, 3.8) is 0 Å². The zero-order chi connectivity index (χ0) is 18.7. The monoisotopic (exact) mass is 361 g/mol. The van der Waals surface area contributed by atoms with E-state index in [4.69, 9.17) is 0 Å². The van der Waals surface area contributed by atoms with Crippen molar-refractivity contribution in [1.82, 2.24) is 20.5 Å². The van der Waals surface area contributed by atoms with E-state index in [1.54, 1.807) is 0 Å². The Hall–Kier alpha value is -3.15. The first-order valence-electron chi connectivity index (χ1n) is 9.24. The lowest BCUT2D eigenvalue weighted by atomic mass is 9.64. The Morgan fingerprint density at radius 3 is 2.63 bits per heavy atom. The van der Waals surface area contributed by atoms with Crippen LogP contribution in [0.4, 0.5) is 10.5 Å². The van der Waals surface area contributed by atoms with Gasteiger partial charge in [-0.15, -0.1) is 0 Å². The van der Waals surface area contributed by atoms with Gasteiger partial charge in [-0.05, 0) is 37.5 Å². The summed E-state index contributed by atoms with van der Waals surface area (Å²) < 4.78 is 0. The van der Waals surface area contributed by atoms with Crippen LogP contribution in [0.5, 0.6) is 0 Å². The number of carbonyl (C=O) groups is 1. The van der Waals surface area contributed by atoms with E-state index in [9.17, 15) is 4.79 Å². The third kappa shape index (κ3) is 3.69. The molecule has 1 aromatic heterocycles. The minimum atomic E-state index is -0.194. The van der Waals surface area contributed by atoms with Crippen LogP contribution in [0.25, 0.3) is 11.4 Å². The zero-order valence-corrected chi connectivity index (χ0v) is 15.3. The van der Waals surface area contributed by atoms with Crippen molar-refractivity contribution in [2.45, 2.75) is 31.6 Å². The van der Waals surface area contributed by atoms with Gasteiger partial charge in [0, 0.05) is 23.2 Å². The quantitative estimate of drug-likeness (QED) is 0.642. The van der Waals surface area contributed by atoms with E-state index < -0.39 is 0 Å². The summed E-state index contributed by atoms with van der Waals surface area (Å²) in [6.45, 7) is 2.50. The van der Waals surface area contributed by atoms with Crippen molar-refractivity contribution in [3.05, 3.63) is 66.0 Å². The van der Waals surface area contributed by atoms with Gasteiger partial charge in [-0.2, -0.15) is 5.10 Å². The number of nitrogens with one attached hydrogen (secondary N) is 3. The molecule has 1 aliphatic rings. The number of anilines is 1. The molecule has 2 aromatic carbocycles. The second-order valence-electron chi connectivity index (χ2n) is 7.13. The number of urea groups is 1. The highest BCUT2D eigenvalue weighted by molar-refractivity contribution is 5.90. The van der Waals surface area contributed by atoms with Gasteiger partial charge in [-0.3, -0.25) is 5.10 Å². The molecule has 138 valence electrons. The summed E-state index contributed by atoms with van der Waals surface area (Å²) >= 11 is 0. The highest BCUT2D eigenvalue weighted by atomic mass is 16.2. The standard InChI is InChI=1S/C21H23N5O/c1-15-23-19(26-25-15)16-7-5-10-18(13-16)24-20(27)22-14-21(11-6-12-21)17-8-3-2-4-9-17/h2-5,7-10,13H,6,11-12,14H2,1H3,(H2,22,24,27)(H,23,25,26). The van der Waals surface area contributed by atoms with Crippen LogP contribution in [0, 0.1) is 6.92 Å². The Labute approximate surface area is 158 Å². The largest absolute Gasteiger partial charge is 0.337 e. The lowest BCUT2D eigenvalue weighted by Gasteiger charge is -2.42. The molecule has 0 atom stereocenters. The number of benzene rings is 2. The minimum Gasteiger partial charge on any atom is -0.337 e. The first-order valence-corrected chi connectivity index (χ1v) is 9.24. The Balaban J connectivity index is 1.40. The number of aromatic nitrogens is 3. The van der Waals surface area contributed by atoms with Gasteiger partial charge in [0.1, 0.15) is 5.82 Å². The third-order valence-corrected chi connectivity index (χ3v) is 5.26. The van der Waals surface area contributed by atoms with Gasteiger partial charge in [0.25, 0.3) is 0 Å². The maximum Gasteiger partial charge on any atom is 0.319 e. The van der Waals surface area contributed by atoms with Crippen molar-refractivity contribution < 1.29 is 4.79 Å². The summed E-state index contributed by atoms with van der Waals surface area (Å²) in [7, 11) is 0. The van der Waals surface area contributed by atoms with Crippen LogP contribution >= 0.6 is 0 Å². The van der Waals surface area contributed by atoms with Crippen LogP contribution < -0.4 is 10.6 Å². The van der Waals surface area contributed by atoms with Crippen molar-refractivity contribution in [3.8, 4) is 11.4 Å². The van der Waals surface area contributed by atoms with E-state index in [1.165, 1.54) is 12.0 Å². The number of aromatic amines is 1. The molecule has 3 aromatic rings. The molecule has 0 saturated heterocycles. The smallest absolute Gasteiger partial charge is 0.319 e. The molecule has 2 amide bonds. The van der Waals surface area contributed by atoms with E-state index in [-0.39, 0.29) is 11.4 Å². The van der Waals surface area contributed by atoms with Gasteiger partial charge in [0.15, 0.2) is 5.82 Å². The minimum absolute atomic E-state index is 0.0664. The molecular weight excluding hydrogens is 338 g/mol. The summed E-state index contributed by atoms with van der Waals surface area (Å²) in [5.41, 5.74) is 2.95. The van der Waals surface area contributed by atoms with Crippen molar-refractivity contribution in [1.29, 1.82) is 0 Å². The molecule has 1 fully saturated rings. The number of carbonyl (C=O) groups excluding carboxylic acids is 1. The van der Waals surface area contributed by atoms with Gasteiger partial charge < -0.3 is 10.6 Å². The predicted molar refractivity (Wildman–Crippen MR) is 106 cm³/mol. The molecule has 6 heteroatoms. The number of amides is 2. The van der Waals surface area contributed by atoms with E-state index in [2.05, 4.69) is 50.1 Å². The maximum atomic E-state index is 12.4. The SMILES string of the molecule is Cc1nc(-c2cccc(NC(=O)NCC3(c4ccccc4)CCC3)c2)n[nH]1. The molecule has 0 unspecified atom stereocenters. The van der Waals surface area contributed by atoms with Crippen molar-refractivity contribution >= 4 is 11.7 Å². The second-order valence-corrected chi connectivity index (χ2v) is 7.13. The van der Waals surface area contributed by atoms with Gasteiger partial charge in [0.2, 0.25) is 0 Å². The molecule has 3 N–H and O–H groups in total. The second kappa shape index (κ2) is 7.23. The lowest BCUT2D eigenvalue weighted by Crippen LogP contribution is -2.46. The lowest BCUT2D eigenvalue weighted by molar-refractivity contribution is 0.222. The molecular formula is C21H23N5O. The number of aryl methyl sites for hydroxylation is 1. The fraction of sp³-hybridized carbons (Fsp3) is 0.286. The fourth-order valence-electron chi connectivity index (χ4n) is 3.60. The molecule has 4 rings (SSSR count). The van der Waals surface area contributed by atoms with Crippen LogP contribution in [0.15, 0.2) is 54.6 Å². The highest BCUT2D eigenvalue weighted by Crippen LogP contribution is 2.43. The Bertz CT molecular complexity index is 931. The van der Waals surface area contributed by atoms with Gasteiger partial charge >= 0.3 is 6.03 Å². The number of hydrogen-bond donors (Lipinski definition) is 3. The average Bonchev–Trinajstić information content (AvgIpc) is 3.08. The summed E-state index contributed by atoms with van der Waals surface area (Å²) in [6, 6.07) is 17.8. The molecule has 0 radical (unpaired) electrons. The molecule has 0 spiro atoms. The summed E-state index contributed by atoms with van der Waals surface area (Å²) in [6.07, 6.45) is 3.42. The molecule has 1 aliphatic carbocycles. The molecule has 0 aliphatic heterocycles. The third-order valence-electron chi connectivity index (χ3n) is 5.26. The number of hydrogen-bond acceptors (Lipinski definition) is 3. The maximum absolute atomic E-state index is 12.4. The Kier molecular flexibility index (Phi) is 4.62. The van der Waals surface area contributed by atoms with Gasteiger partial charge in [0.05, 0.1) is 0 Å². The topological polar surface area (TPSA) is 82.7 Å². The van der Waals surface area contributed by atoms with Crippen LogP contribution in [-0.2, 0) is 5.41 Å². The number of H-pyrrole nitrogens is 1. The van der Waals surface area contributed by atoms with E-state index in [0.29, 0.717) is 12.4 Å². The number of rotatable bonds is 5. The summed E-state index contributed by atoms with van der Waals surface area (Å²) in [5.74, 6) is 1.38. The summed E-state index contributed by atoms with van der Waals surface area (Å²) in [5, 5.41) is 13.0. The van der Waals surface area contributed by atoms with Gasteiger partial charge in [-0.1, -0.05) is 48.9 Å². The fourth-order valence-corrected chi connectivity index (χ4v) is 3.60. The predicted octanol–water partition coefficient (Wildman–Crippen LogP) is 4.02. The van der Waals surface area contributed by atoms with Crippen LogP contribution in [0.2, 0.25) is 0 Å². The highest BCUT2D eigenvalue weighted by Gasteiger charge is 2.38. The van der Waals surface area contributed by atoms with Crippen molar-refractivity contribution in [2.24, 2.45) is 0 Å². The molecule has 1 heterocycles. The first-order chi connectivity index (χ1) is 13.1. The molecule has 0 bridgehead atoms. The average molecular weight is 361 g/mol. The van der Waals surface area contributed by atoms with Crippen LogP contribution in [0.1, 0.15) is 30.7 Å². The number of nitrogens with zero attached hydrogens (tertiary/aromatic N) is 2. The molecule has 27 heavy (non-hydrogen) atoms. The first kappa shape index (κ1) is 17.3.